The van der Waals surface area contributed by atoms with E-state index < -0.39 is 0 Å². The predicted molar refractivity (Wildman–Crippen MR) is 54.1 cm³/mol. The zero-order chi connectivity index (χ0) is 10.7. The number of aliphatic hydroxyl groups is 1. The maximum Gasteiger partial charge on any atom is 0.270 e. The van der Waals surface area contributed by atoms with Crippen molar-refractivity contribution < 1.29 is 9.90 Å². The van der Waals surface area contributed by atoms with Gasteiger partial charge in [0, 0.05) is 20.3 Å². The molecule has 1 aromatic heterocycles. The average molecular weight is 196 g/mol. The molecule has 0 aliphatic rings. The molecule has 1 unspecified atom stereocenters. The number of hydrogen-bond donors (Lipinski definition) is 1. The van der Waals surface area contributed by atoms with Crippen molar-refractivity contribution in [2.75, 3.05) is 13.7 Å². The second-order valence-corrected chi connectivity index (χ2v) is 3.45. The van der Waals surface area contributed by atoms with Gasteiger partial charge in [-0.3, -0.25) is 4.79 Å². The fourth-order valence-corrected chi connectivity index (χ4v) is 1.19. The lowest BCUT2D eigenvalue weighted by atomic mass is 10.3. The van der Waals surface area contributed by atoms with Gasteiger partial charge in [0.25, 0.3) is 5.91 Å². The molecule has 1 aromatic rings. The molecule has 4 nitrogen and oxygen atoms in total. The molecule has 0 aromatic carbocycles. The molecule has 78 valence electrons. The Morgan fingerprint density at radius 1 is 1.71 bits per heavy atom. The van der Waals surface area contributed by atoms with Crippen LogP contribution in [0.2, 0.25) is 0 Å². The first kappa shape index (κ1) is 10.8. The van der Waals surface area contributed by atoms with Gasteiger partial charge in [0.1, 0.15) is 5.69 Å². The average Bonchev–Trinajstić information content (AvgIpc) is 2.61. The second kappa shape index (κ2) is 4.28. The van der Waals surface area contributed by atoms with Gasteiger partial charge in [-0.05, 0) is 19.1 Å². The minimum absolute atomic E-state index is 0.0212. The molecule has 0 bridgehead atoms. The van der Waals surface area contributed by atoms with Crippen LogP contribution < -0.4 is 0 Å². The summed E-state index contributed by atoms with van der Waals surface area (Å²) in [5.41, 5.74) is 0.632. The fraction of sp³-hybridized carbons (Fsp3) is 0.500. The molecule has 1 amide bonds. The minimum atomic E-state index is -0.155. The van der Waals surface area contributed by atoms with Gasteiger partial charge in [0.2, 0.25) is 0 Å². The molecular weight excluding hydrogens is 180 g/mol. The molecule has 1 atom stereocenters. The maximum absolute atomic E-state index is 11.8. The van der Waals surface area contributed by atoms with Crippen LogP contribution in [-0.2, 0) is 7.05 Å². The second-order valence-electron chi connectivity index (χ2n) is 3.45. The van der Waals surface area contributed by atoms with E-state index in [9.17, 15) is 4.79 Å². The minimum Gasteiger partial charge on any atom is -0.394 e. The van der Waals surface area contributed by atoms with E-state index in [0.29, 0.717) is 5.69 Å². The first-order valence-corrected chi connectivity index (χ1v) is 4.57. The lowest BCUT2D eigenvalue weighted by molar-refractivity contribution is 0.0673. The Morgan fingerprint density at radius 3 is 2.79 bits per heavy atom. The van der Waals surface area contributed by atoms with Crippen molar-refractivity contribution in [1.29, 1.82) is 0 Å². The monoisotopic (exact) mass is 196 g/mol. The van der Waals surface area contributed by atoms with E-state index in [0.717, 1.165) is 0 Å². The molecule has 14 heavy (non-hydrogen) atoms. The van der Waals surface area contributed by atoms with E-state index in [1.165, 1.54) is 4.90 Å². The van der Waals surface area contributed by atoms with Crippen LogP contribution in [0.1, 0.15) is 17.4 Å². The van der Waals surface area contributed by atoms with Crippen LogP contribution in [0, 0.1) is 0 Å². The lowest BCUT2D eigenvalue weighted by Crippen LogP contribution is -2.38. The topological polar surface area (TPSA) is 45.5 Å². The Labute approximate surface area is 83.8 Å². The van der Waals surface area contributed by atoms with Gasteiger partial charge in [0.05, 0.1) is 12.6 Å². The first-order valence-electron chi connectivity index (χ1n) is 4.57. The van der Waals surface area contributed by atoms with Crippen LogP contribution in [0.3, 0.4) is 0 Å². The molecule has 0 radical (unpaired) electrons. The van der Waals surface area contributed by atoms with Gasteiger partial charge in [-0.2, -0.15) is 0 Å². The zero-order valence-corrected chi connectivity index (χ0v) is 8.77. The van der Waals surface area contributed by atoms with Gasteiger partial charge in [-0.1, -0.05) is 0 Å². The summed E-state index contributed by atoms with van der Waals surface area (Å²) in [4.78, 5) is 13.4. The molecule has 0 aliphatic heterocycles. The summed E-state index contributed by atoms with van der Waals surface area (Å²) in [6, 6.07) is 3.44. The lowest BCUT2D eigenvalue weighted by Gasteiger charge is -2.23. The summed E-state index contributed by atoms with van der Waals surface area (Å²) in [5, 5.41) is 8.92. The summed E-state index contributed by atoms with van der Waals surface area (Å²) >= 11 is 0. The van der Waals surface area contributed by atoms with E-state index in [-0.39, 0.29) is 18.6 Å². The van der Waals surface area contributed by atoms with Gasteiger partial charge in [-0.25, -0.2) is 0 Å². The van der Waals surface area contributed by atoms with Crippen molar-refractivity contribution >= 4 is 5.91 Å². The number of carbonyl (C=O) groups is 1. The number of likely N-dealkylation sites (N-methyl/N-ethyl adjacent to an activating group) is 1. The van der Waals surface area contributed by atoms with Gasteiger partial charge in [-0.15, -0.1) is 0 Å². The fourth-order valence-electron chi connectivity index (χ4n) is 1.19. The number of aryl methyl sites for hydroxylation is 1. The van der Waals surface area contributed by atoms with E-state index in [2.05, 4.69) is 0 Å². The third kappa shape index (κ3) is 1.96. The summed E-state index contributed by atoms with van der Waals surface area (Å²) in [7, 11) is 3.51. The number of aliphatic hydroxyl groups excluding tert-OH is 1. The molecule has 0 aliphatic carbocycles. The SMILES string of the molecule is CC(CO)N(C)C(=O)c1cccn1C. The summed E-state index contributed by atoms with van der Waals surface area (Å²) < 4.78 is 1.77. The van der Waals surface area contributed by atoms with Crippen LogP contribution in [0.4, 0.5) is 0 Å². The molecule has 0 saturated carbocycles. The Balaban J connectivity index is 2.81. The van der Waals surface area contributed by atoms with E-state index in [1.54, 1.807) is 24.6 Å². The number of nitrogens with zero attached hydrogens (tertiary/aromatic N) is 2. The van der Waals surface area contributed by atoms with Crippen molar-refractivity contribution in [3.8, 4) is 0 Å². The summed E-state index contributed by atoms with van der Waals surface area (Å²) in [6.07, 6.45) is 1.82. The molecule has 1 heterocycles. The molecule has 4 heteroatoms. The molecule has 0 fully saturated rings. The Bertz CT molecular complexity index is 320. The standard InChI is InChI=1S/C10H16N2O2/c1-8(7-13)12(3)10(14)9-5-4-6-11(9)2/h4-6,8,13H,7H2,1-3H3. The molecule has 0 saturated heterocycles. The van der Waals surface area contributed by atoms with E-state index >= 15 is 0 Å². The van der Waals surface area contributed by atoms with Crippen molar-refractivity contribution in [3.63, 3.8) is 0 Å². The number of carbonyl (C=O) groups excluding carboxylic acids is 1. The van der Waals surface area contributed by atoms with Crippen molar-refractivity contribution in [2.45, 2.75) is 13.0 Å². The number of aromatic nitrogens is 1. The van der Waals surface area contributed by atoms with Crippen LogP contribution in [0.25, 0.3) is 0 Å². The quantitative estimate of drug-likeness (QED) is 0.764. The highest BCUT2D eigenvalue weighted by Crippen LogP contribution is 2.06. The summed E-state index contributed by atoms with van der Waals surface area (Å²) in [5.74, 6) is -0.0703. The van der Waals surface area contributed by atoms with E-state index in [1.807, 2.05) is 19.3 Å². The highest BCUT2D eigenvalue weighted by Gasteiger charge is 2.18. The molecule has 1 N–H and O–H groups in total. The highest BCUT2D eigenvalue weighted by molar-refractivity contribution is 5.92. The van der Waals surface area contributed by atoms with E-state index in [4.69, 9.17) is 5.11 Å². The Morgan fingerprint density at radius 2 is 2.36 bits per heavy atom. The first-order chi connectivity index (χ1) is 6.57. The normalized spacial score (nSPS) is 12.6. The van der Waals surface area contributed by atoms with Crippen LogP contribution >= 0.6 is 0 Å². The zero-order valence-electron chi connectivity index (χ0n) is 8.77. The predicted octanol–water partition coefficient (Wildman–Crippen LogP) is 0.478. The molecule has 1 rings (SSSR count). The number of hydrogen-bond acceptors (Lipinski definition) is 2. The third-order valence-corrected chi connectivity index (χ3v) is 2.41. The van der Waals surface area contributed by atoms with Crippen molar-refractivity contribution in [3.05, 3.63) is 24.0 Å². The molecular formula is C10H16N2O2. The highest BCUT2D eigenvalue weighted by atomic mass is 16.3. The van der Waals surface area contributed by atoms with Crippen LogP contribution in [0.5, 0.6) is 0 Å². The maximum atomic E-state index is 11.8. The Kier molecular flexibility index (Phi) is 3.30. The third-order valence-electron chi connectivity index (χ3n) is 2.41. The number of amides is 1. The van der Waals surface area contributed by atoms with Gasteiger partial charge >= 0.3 is 0 Å². The Hall–Kier alpha value is -1.29. The van der Waals surface area contributed by atoms with Gasteiger partial charge in [0.15, 0.2) is 0 Å². The largest absolute Gasteiger partial charge is 0.394 e. The van der Waals surface area contributed by atoms with Gasteiger partial charge < -0.3 is 14.6 Å². The smallest absolute Gasteiger partial charge is 0.270 e. The van der Waals surface area contributed by atoms with Crippen LogP contribution in [0.15, 0.2) is 18.3 Å². The number of rotatable bonds is 3. The molecule has 0 spiro atoms. The summed E-state index contributed by atoms with van der Waals surface area (Å²) in [6.45, 7) is 1.79. The van der Waals surface area contributed by atoms with Crippen molar-refractivity contribution in [1.82, 2.24) is 9.47 Å². The van der Waals surface area contributed by atoms with Crippen molar-refractivity contribution in [2.24, 2.45) is 7.05 Å². The van der Waals surface area contributed by atoms with Crippen LogP contribution in [-0.4, -0.2) is 40.2 Å².